The summed E-state index contributed by atoms with van der Waals surface area (Å²) in [5.74, 6) is -1.07. The fourth-order valence-corrected chi connectivity index (χ4v) is 4.82. The van der Waals surface area contributed by atoms with E-state index in [9.17, 15) is 9.59 Å². The van der Waals surface area contributed by atoms with Crippen LogP contribution in [-0.4, -0.2) is 11.8 Å². The molecule has 1 aliphatic carbocycles. The average Bonchev–Trinajstić information content (AvgIpc) is 3.33. The molecule has 0 spiro atoms. The zero-order chi connectivity index (χ0) is 18.6. The molecule has 3 aromatic carbocycles. The molecule has 2 amide bonds. The zero-order valence-corrected chi connectivity index (χ0v) is 15.1. The molecule has 0 aromatic heterocycles. The van der Waals surface area contributed by atoms with Crippen LogP contribution in [0.4, 0.5) is 5.69 Å². The van der Waals surface area contributed by atoms with Gasteiger partial charge >= 0.3 is 0 Å². The fraction of sp³-hybridized carbons (Fsp3) is 0.130. The first kappa shape index (κ1) is 16.3. The van der Waals surface area contributed by atoms with Crippen molar-refractivity contribution in [1.29, 1.82) is 0 Å². The third-order valence-corrected chi connectivity index (χ3v) is 5.98. The SMILES string of the molecule is O=C1[C@@H]2[C@H](C(=O)N1c1cccc(Cl)c1)C2(c1ccccc1)c1ccccc1. The van der Waals surface area contributed by atoms with E-state index in [0.717, 1.165) is 11.1 Å². The molecule has 2 aliphatic rings. The monoisotopic (exact) mass is 373 g/mol. The van der Waals surface area contributed by atoms with Crippen molar-refractivity contribution >= 4 is 29.1 Å². The highest BCUT2D eigenvalue weighted by atomic mass is 35.5. The summed E-state index contributed by atoms with van der Waals surface area (Å²) in [4.78, 5) is 27.9. The van der Waals surface area contributed by atoms with Crippen molar-refractivity contribution in [1.82, 2.24) is 0 Å². The van der Waals surface area contributed by atoms with Gasteiger partial charge < -0.3 is 0 Å². The number of imide groups is 1. The highest BCUT2D eigenvalue weighted by Gasteiger charge is 2.78. The van der Waals surface area contributed by atoms with Gasteiger partial charge in [0, 0.05) is 10.4 Å². The van der Waals surface area contributed by atoms with Crippen molar-refractivity contribution in [2.75, 3.05) is 4.90 Å². The molecule has 132 valence electrons. The number of piperidine rings is 1. The topological polar surface area (TPSA) is 37.4 Å². The van der Waals surface area contributed by atoms with Crippen molar-refractivity contribution < 1.29 is 9.59 Å². The Labute approximate surface area is 162 Å². The molecular weight excluding hydrogens is 358 g/mol. The molecule has 1 saturated carbocycles. The molecule has 3 nitrogen and oxygen atoms in total. The number of anilines is 1. The van der Waals surface area contributed by atoms with Gasteiger partial charge in [-0.2, -0.15) is 0 Å². The van der Waals surface area contributed by atoms with Crippen LogP contribution in [-0.2, 0) is 15.0 Å². The second-order valence-corrected chi connectivity index (χ2v) is 7.48. The van der Waals surface area contributed by atoms with Crippen LogP contribution < -0.4 is 4.90 Å². The molecule has 1 aliphatic heterocycles. The first-order valence-electron chi connectivity index (χ1n) is 8.90. The quantitative estimate of drug-likeness (QED) is 0.636. The average molecular weight is 374 g/mol. The summed E-state index contributed by atoms with van der Waals surface area (Å²) in [5, 5.41) is 0.506. The number of hydrogen-bond donors (Lipinski definition) is 0. The van der Waals surface area contributed by atoms with Gasteiger partial charge in [0.2, 0.25) is 11.8 Å². The van der Waals surface area contributed by atoms with E-state index in [0.29, 0.717) is 10.7 Å². The van der Waals surface area contributed by atoms with E-state index in [4.69, 9.17) is 11.6 Å². The van der Waals surface area contributed by atoms with Gasteiger partial charge in [-0.15, -0.1) is 0 Å². The number of rotatable bonds is 3. The molecule has 5 rings (SSSR count). The maximum Gasteiger partial charge on any atom is 0.239 e. The van der Waals surface area contributed by atoms with Crippen LogP contribution in [0.5, 0.6) is 0 Å². The predicted octanol–water partition coefficient (Wildman–Crippen LogP) is 4.45. The lowest BCUT2D eigenvalue weighted by molar-refractivity contribution is -0.124. The van der Waals surface area contributed by atoms with Gasteiger partial charge in [-0.3, -0.25) is 9.59 Å². The summed E-state index contributed by atoms with van der Waals surface area (Å²) in [5.41, 5.74) is 1.99. The molecule has 0 unspecified atom stereocenters. The van der Waals surface area contributed by atoms with Crippen LogP contribution in [0.15, 0.2) is 84.9 Å². The first-order valence-corrected chi connectivity index (χ1v) is 9.28. The standard InChI is InChI=1S/C23H16ClNO2/c24-17-12-7-13-18(14-17)25-21(26)19-20(22(25)27)23(19,15-8-3-1-4-9-15)16-10-5-2-6-11-16/h1-14,19-20H/t19-,20+. The van der Waals surface area contributed by atoms with Crippen LogP contribution in [0.3, 0.4) is 0 Å². The predicted molar refractivity (Wildman–Crippen MR) is 105 cm³/mol. The van der Waals surface area contributed by atoms with E-state index in [-0.39, 0.29) is 23.7 Å². The summed E-state index contributed by atoms with van der Waals surface area (Å²) in [7, 11) is 0. The molecule has 3 aromatic rings. The third-order valence-electron chi connectivity index (χ3n) is 5.75. The Kier molecular flexibility index (Phi) is 3.49. The summed E-state index contributed by atoms with van der Waals surface area (Å²) < 4.78 is 0. The maximum atomic E-state index is 13.3. The van der Waals surface area contributed by atoms with Crippen molar-refractivity contribution in [3.8, 4) is 0 Å². The van der Waals surface area contributed by atoms with Crippen molar-refractivity contribution in [2.24, 2.45) is 11.8 Å². The summed E-state index contributed by atoms with van der Waals surface area (Å²) in [6.45, 7) is 0. The Morgan fingerprint density at radius 1 is 0.704 bits per heavy atom. The van der Waals surface area contributed by atoms with Crippen molar-refractivity contribution in [2.45, 2.75) is 5.41 Å². The molecule has 2 atom stereocenters. The minimum absolute atomic E-state index is 0.153. The second-order valence-electron chi connectivity index (χ2n) is 7.05. The van der Waals surface area contributed by atoms with Crippen molar-refractivity contribution in [3.05, 3.63) is 101 Å². The Balaban J connectivity index is 1.63. The number of carbonyl (C=O) groups excluding carboxylic acids is 2. The van der Waals surface area contributed by atoms with Gasteiger partial charge in [0.25, 0.3) is 0 Å². The minimum atomic E-state index is -0.578. The number of benzene rings is 3. The number of nitrogens with zero attached hydrogens (tertiary/aromatic N) is 1. The van der Waals surface area contributed by atoms with Crippen LogP contribution in [0.25, 0.3) is 0 Å². The van der Waals surface area contributed by atoms with Gasteiger partial charge in [-0.1, -0.05) is 78.3 Å². The van der Waals surface area contributed by atoms with E-state index in [1.165, 1.54) is 4.90 Å². The van der Waals surface area contributed by atoms with Gasteiger partial charge in [0.15, 0.2) is 0 Å². The maximum absolute atomic E-state index is 13.3. The van der Waals surface area contributed by atoms with Gasteiger partial charge in [-0.05, 0) is 29.3 Å². The fourth-order valence-electron chi connectivity index (χ4n) is 4.63. The smallest absolute Gasteiger partial charge is 0.239 e. The van der Waals surface area contributed by atoms with Crippen LogP contribution in [0.2, 0.25) is 5.02 Å². The lowest BCUT2D eigenvalue weighted by Crippen LogP contribution is -2.39. The molecule has 0 N–H and O–H groups in total. The highest BCUT2D eigenvalue weighted by Crippen LogP contribution is 2.68. The first-order chi connectivity index (χ1) is 13.2. The highest BCUT2D eigenvalue weighted by molar-refractivity contribution is 6.32. The number of amides is 2. The largest absolute Gasteiger partial charge is 0.274 e. The molecule has 1 saturated heterocycles. The van der Waals surface area contributed by atoms with E-state index >= 15 is 0 Å². The van der Waals surface area contributed by atoms with E-state index in [2.05, 4.69) is 0 Å². The Bertz CT molecular complexity index is 985. The Morgan fingerprint density at radius 2 is 1.22 bits per heavy atom. The van der Waals surface area contributed by atoms with Gasteiger partial charge in [-0.25, -0.2) is 4.90 Å². The van der Waals surface area contributed by atoms with Crippen LogP contribution in [0.1, 0.15) is 11.1 Å². The number of hydrogen-bond acceptors (Lipinski definition) is 2. The molecule has 4 heteroatoms. The van der Waals surface area contributed by atoms with E-state index in [1.807, 2.05) is 60.7 Å². The molecule has 2 fully saturated rings. The Morgan fingerprint density at radius 3 is 1.70 bits per heavy atom. The van der Waals surface area contributed by atoms with Gasteiger partial charge in [0.05, 0.1) is 17.5 Å². The summed E-state index contributed by atoms with van der Waals surface area (Å²) >= 11 is 6.06. The zero-order valence-electron chi connectivity index (χ0n) is 14.4. The normalized spacial score (nSPS) is 22.6. The van der Waals surface area contributed by atoms with Gasteiger partial charge in [0.1, 0.15) is 0 Å². The summed E-state index contributed by atoms with van der Waals surface area (Å²) in [6, 6.07) is 26.7. The Hall–Kier alpha value is -2.91. The lowest BCUT2D eigenvalue weighted by Gasteiger charge is -2.26. The second kappa shape index (κ2) is 5.80. The minimum Gasteiger partial charge on any atom is -0.274 e. The number of carbonyl (C=O) groups is 2. The van der Waals surface area contributed by atoms with Crippen LogP contribution >= 0.6 is 11.6 Å². The molecule has 0 radical (unpaired) electrons. The molecule has 0 bridgehead atoms. The summed E-state index contributed by atoms with van der Waals surface area (Å²) in [6.07, 6.45) is 0. The van der Waals surface area contributed by atoms with E-state index < -0.39 is 5.41 Å². The van der Waals surface area contributed by atoms with Crippen LogP contribution in [0, 0.1) is 11.8 Å². The third kappa shape index (κ3) is 2.15. The molecule has 1 heterocycles. The van der Waals surface area contributed by atoms with E-state index in [1.54, 1.807) is 24.3 Å². The number of halogens is 1. The number of fused-ring (bicyclic) bond motifs is 1. The lowest BCUT2D eigenvalue weighted by atomic mass is 9.83. The van der Waals surface area contributed by atoms with Crippen molar-refractivity contribution in [3.63, 3.8) is 0 Å². The molecular formula is C23H16ClNO2. The molecule has 27 heavy (non-hydrogen) atoms.